The van der Waals surface area contributed by atoms with Crippen LogP contribution in [0.5, 0.6) is 5.75 Å². The Kier molecular flexibility index (Phi) is 5.56. The number of hydrogen-bond acceptors (Lipinski definition) is 3. The first-order valence-electron chi connectivity index (χ1n) is 6.14. The van der Waals surface area contributed by atoms with Crippen LogP contribution in [0.4, 0.5) is 4.39 Å². The zero-order chi connectivity index (χ0) is 13.7. The van der Waals surface area contributed by atoms with E-state index in [1.54, 1.807) is 6.07 Å². The number of hydrogen-bond donors (Lipinski definition) is 1. The van der Waals surface area contributed by atoms with E-state index in [-0.39, 0.29) is 11.5 Å². The van der Waals surface area contributed by atoms with Gasteiger partial charge in [-0.3, -0.25) is 0 Å². The Balaban J connectivity index is 2.97. The standard InChI is InChI=1S/C14H21FO3/c1-5-18-14(9(2)3)13(16)11-7-6-10(17-4)8-12(11)15/h6-9,13-14,16H,5H2,1-4H3. The summed E-state index contributed by atoms with van der Waals surface area (Å²) in [6, 6.07) is 4.43. The lowest BCUT2D eigenvalue weighted by Gasteiger charge is -2.26. The Morgan fingerprint density at radius 2 is 2.00 bits per heavy atom. The molecule has 0 saturated carbocycles. The van der Waals surface area contributed by atoms with E-state index < -0.39 is 18.0 Å². The lowest BCUT2D eigenvalue weighted by Crippen LogP contribution is -2.28. The molecule has 0 heterocycles. The number of aliphatic hydroxyl groups excluding tert-OH is 1. The van der Waals surface area contributed by atoms with Crippen LogP contribution in [0.15, 0.2) is 18.2 Å². The number of ether oxygens (including phenoxy) is 2. The van der Waals surface area contributed by atoms with Gasteiger partial charge in [0.1, 0.15) is 17.7 Å². The molecule has 0 bridgehead atoms. The highest BCUT2D eigenvalue weighted by molar-refractivity contribution is 5.30. The quantitative estimate of drug-likeness (QED) is 0.850. The second-order valence-corrected chi connectivity index (χ2v) is 4.50. The Bertz CT molecular complexity index is 379. The summed E-state index contributed by atoms with van der Waals surface area (Å²) in [5.74, 6) is 0.0506. The van der Waals surface area contributed by atoms with Crippen molar-refractivity contribution in [3.63, 3.8) is 0 Å². The van der Waals surface area contributed by atoms with Crippen LogP contribution < -0.4 is 4.74 Å². The fourth-order valence-electron chi connectivity index (χ4n) is 1.89. The molecule has 1 aromatic carbocycles. The van der Waals surface area contributed by atoms with Crippen molar-refractivity contribution < 1.29 is 19.0 Å². The third-order valence-corrected chi connectivity index (χ3v) is 2.85. The predicted molar refractivity (Wildman–Crippen MR) is 68.2 cm³/mol. The molecule has 1 rings (SSSR count). The smallest absolute Gasteiger partial charge is 0.132 e. The normalized spacial score (nSPS) is 14.6. The third kappa shape index (κ3) is 3.43. The van der Waals surface area contributed by atoms with E-state index in [0.29, 0.717) is 12.4 Å². The Morgan fingerprint density at radius 3 is 2.44 bits per heavy atom. The van der Waals surface area contributed by atoms with Gasteiger partial charge in [-0.2, -0.15) is 0 Å². The summed E-state index contributed by atoms with van der Waals surface area (Å²) >= 11 is 0. The molecule has 0 radical (unpaired) electrons. The minimum atomic E-state index is -0.976. The Morgan fingerprint density at radius 1 is 1.33 bits per heavy atom. The Labute approximate surface area is 108 Å². The van der Waals surface area contributed by atoms with Crippen molar-refractivity contribution in [2.24, 2.45) is 5.92 Å². The molecule has 2 atom stereocenters. The molecular formula is C14H21FO3. The maximum atomic E-state index is 13.9. The van der Waals surface area contributed by atoms with E-state index in [2.05, 4.69) is 0 Å². The van der Waals surface area contributed by atoms with Gasteiger partial charge in [-0.25, -0.2) is 4.39 Å². The van der Waals surface area contributed by atoms with Gasteiger partial charge in [-0.1, -0.05) is 13.8 Å². The van der Waals surface area contributed by atoms with E-state index in [1.165, 1.54) is 19.2 Å². The average molecular weight is 256 g/mol. The van der Waals surface area contributed by atoms with E-state index in [9.17, 15) is 9.50 Å². The van der Waals surface area contributed by atoms with Crippen molar-refractivity contribution in [2.45, 2.75) is 33.0 Å². The van der Waals surface area contributed by atoms with Crippen LogP contribution in [0.3, 0.4) is 0 Å². The van der Waals surface area contributed by atoms with Crippen molar-refractivity contribution in [3.8, 4) is 5.75 Å². The zero-order valence-electron chi connectivity index (χ0n) is 11.3. The fraction of sp³-hybridized carbons (Fsp3) is 0.571. The van der Waals surface area contributed by atoms with E-state index in [0.717, 1.165) is 0 Å². The molecule has 0 fully saturated rings. The SMILES string of the molecule is CCOC(C(C)C)C(O)c1ccc(OC)cc1F. The van der Waals surface area contributed by atoms with Crippen molar-refractivity contribution in [3.05, 3.63) is 29.6 Å². The molecule has 0 aliphatic carbocycles. The van der Waals surface area contributed by atoms with Crippen molar-refractivity contribution in [1.29, 1.82) is 0 Å². The summed E-state index contributed by atoms with van der Waals surface area (Å²) in [7, 11) is 1.47. The summed E-state index contributed by atoms with van der Waals surface area (Å²) in [4.78, 5) is 0. The molecule has 0 amide bonds. The van der Waals surface area contributed by atoms with Gasteiger partial charge in [-0.05, 0) is 25.0 Å². The zero-order valence-corrected chi connectivity index (χ0v) is 11.3. The minimum absolute atomic E-state index is 0.0986. The second-order valence-electron chi connectivity index (χ2n) is 4.50. The van der Waals surface area contributed by atoms with E-state index in [1.807, 2.05) is 20.8 Å². The number of methoxy groups -OCH3 is 1. The van der Waals surface area contributed by atoms with Crippen LogP contribution in [-0.2, 0) is 4.74 Å². The number of aliphatic hydroxyl groups is 1. The lowest BCUT2D eigenvalue weighted by molar-refractivity contribution is -0.0597. The largest absolute Gasteiger partial charge is 0.497 e. The summed E-state index contributed by atoms with van der Waals surface area (Å²) in [5, 5.41) is 10.2. The molecule has 0 aromatic heterocycles. The van der Waals surface area contributed by atoms with Gasteiger partial charge in [0.25, 0.3) is 0 Å². The molecule has 0 saturated heterocycles. The number of halogens is 1. The van der Waals surface area contributed by atoms with Crippen LogP contribution in [0.1, 0.15) is 32.4 Å². The molecule has 0 aliphatic rings. The summed E-state index contributed by atoms with van der Waals surface area (Å²) in [6.45, 7) is 6.21. The van der Waals surface area contributed by atoms with Gasteiger partial charge in [-0.15, -0.1) is 0 Å². The van der Waals surface area contributed by atoms with Crippen LogP contribution in [0, 0.1) is 11.7 Å². The van der Waals surface area contributed by atoms with Crippen molar-refractivity contribution >= 4 is 0 Å². The molecular weight excluding hydrogens is 235 g/mol. The van der Waals surface area contributed by atoms with Crippen LogP contribution >= 0.6 is 0 Å². The van der Waals surface area contributed by atoms with Gasteiger partial charge in [0.2, 0.25) is 0 Å². The van der Waals surface area contributed by atoms with Crippen molar-refractivity contribution in [2.75, 3.05) is 13.7 Å². The highest BCUT2D eigenvalue weighted by atomic mass is 19.1. The molecule has 102 valence electrons. The second kappa shape index (κ2) is 6.71. The highest BCUT2D eigenvalue weighted by Crippen LogP contribution is 2.28. The molecule has 3 nitrogen and oxygen atoms in total. The summed E-state index contributed by atoms with van der Waals surface area (Å²) in [5.41, 5.74) is 0.239. The van der Waals surface area contributed by atoms with Gasteiger partial charge in [0, 0.05) is 18.2 Å². The molecule has 0 spiro atoms. The number of rotatable bonds is 6. The van der Waals surface area contributed by atoms with Gasteiger partial charge in [0.15, 0.2) is 0 Å². The third-order valence-electron chi connectivity index (χ3n) is 2.85. The molecule has 18 heavy (non-hydrogen) atoms. The first kappa shape index (κ1) is 14.9. The van der Waals surface area contributed by atoms with Crippen LogP contribution in [0.2, 0.25) is 0 Å². The van der Waals surface area contributed by atoms with Gasteiger partial charge in [0.05, 0.1) is 13.2 Å². The predicted octanol–water partition coefficient (Wildman–Crippen LogP) is 2.93. The molecule has 2 unspecified atom stereocenters. The van der Waals surface area contributed by atoms with Gasteiger partial charge >= 0.3 is 0 Å². The van der Waals surface area contributed by atoms with Gasteiger partial charge < -0.3 is 14.6 Å². The average Bonchev–Trinajstić information content (AvgIpc) is 2.34. The van der Waals surface area contributed by atoms with E-state index in [4.69, 9.17) is 9.47 Å². The van der Waals surface area contributed by atoms with Crippen molar-refractivity contribution in [1.82, 2.24) is 0 Å². The minimum Gasteiger partial charge on any atom is -0.497 e. The summed E-state index contributed by atoms with van der Waals surface area (Å²) in [6.07, 6.45) is -1.39. The summed E-state index contributed by atoms with van der Waals surface area (Å²) < 4.78 is 24.3. The van der Waals surface area contributed by atoms with E-state index >= 15 is 0 Å². The number of benzene rings is 1. The molecule has 1 N–H and O–H groups in total. The maximum absolute atomic E-state index is 13.9. The lowest BCUT2D eigenvalue weighted by atomic mass is 9.95. The highest BCUT2D eigenvalue weighted by Gasteiger charge is 2.26. The maximum Gasteiger partial charge on any atom is 0.132 e. The molecule has 1 aromatic rings. The molecule has 4 heteroatoms. The fourth-order valence-corrected chi connectivity index (χ4v) is 1.89. The first-order chi connectivity index (χ1) is 8.51. The topological polar surface area (TPSA) is 38.7 Å². The molecule has 0 aliphatic heterocycles. The van der Waals surface area contributed by atoms with Crippen LogP contribution in [-0.4, -0.2) is 24.9 Å². The monoisotopic (exact) mass is 256 g/mol. The van der Waals surface area contributed by atoms with Crippen LogP contribution in [0.25, 0.3) is 0 Å². The Hall–Kier alpha value is -1.13. The first-order valence-corrected chi connectivity index (χ1v) is 6.14.